The van der Waals surface area contributed by atoms with Crippen molar-refractivity contribution >= 4 is 33.5 Å². The molecule has 28 heavy (non-hydrogen) atoms. The first kappa shape index (κ1) is 17.8. The van der Waals surface area contributed by atoms with E-state index in [1.807, 2.05) is 32.0 Å². The van der Waals surface area contributed by atoms with Gasteiger partial charge in [0.25, 0.3) is 5.56 Å². The molecule has 7 nitrogen and oxygen atoms in total. The van der Waals surface area contributed by atoms with Gasteiger partial charge in [-0.3, -0.25) is 9.59 Å². The average molecular weight is 373 g/mol. The van der Waals surface area contributed by atoms with Gasteiger partial charge < -0.3 is 5.32 Å². The van der Waals surface area contributed by atoms with E-state index in [-0.39, 0.29) is 17.9 Å². The summed E-state index contributed by atoms with van der Waals surface area (Å²) in [7, 11) is 1.58. The Hall–Kier alpha value is -3.61. The number of benzene rings is 1. The minimum Gasteiger partial charge on any atom is -0.310 e. The highest BCUT2D eigenvalue weighted by atomic mass is 16.1. The number of aryl methyl sites for hydroxylation is 3. The largest absolute Gasteiger partial charge is 0.310 e. The van der Waals surface area contributed by atoms with Crippen molar-refractivity contribution in [2.24, 2.45) is 7.05 Å². The molecule has 0 bridgehead atoms. The summed E-state index contributed by atoms with van der Waals surface area (Å²) >= 11 is 0. The van der Waals surface area contributed by atoms with Crippen molar-refractivity contribution in [2.75, 3.05) is 5.32 Å². The average Bonchev–Trinajstić information content (AvgIpc) is 2.65. The molecule has 3 aromatic heterocycles. The number of rotatable bonds is 3. The Bertz CT molecular complexity index is 1290. The van der Waals surface area contributed by atoms with Gasteiger partial charge in [-0.2, -0.15) is 5.10 Å². The minimum atomic E-state index is -0.257. The normalized spacial score (nSPS) is 11.1. The van der Waals surface area contributed by atoms with Gasteiger partial charge in [-0.25, -0.2) is 14.6 Å². The number of aromatic nitrogens is 4. The zero-order chi connectivity index (χ0) is 19.8. The summed E-state index contributed by atoms with van der Waals surface area (Å²) in [5.74, 6) is 0.177. The Balaban J connectivity index is 1.64. The van der Waals surface area contributed by atoms with Crippen molar-refractivity contribution in [3.05, 3.63) is 69.8 Å². The predicted molar refractivity (Wildman–Crippen MR) is 108 cm³/mol. The van der Waals surface area contributed by atoms with Crippen LogP contribution in [0.4, 0.5) is 5.82 Å². The number of fused-ring (bicyclic) bond motifs is 2. The van der Waals surface area contributed by atoms with E-state index in [0.29, 0.717) is 27.9 Å². The molecule has 4 rings (SSSR count). The van der Waals surface area contributed by atoms with Crippen molar-refractivity contribution < 1.29 is 4.79 Å². The smallest absolute Gasteiger partial charge is 0.274 e. The molecule has 0 aliphatic heterocycles. The van der Waals surface area contributed by atoms with E-state index < -0.39 is 0 Å². The molecule has 0 aliphatic carbocycles. The second-order valence-electron chi connectivity index (χ2n) is 6.79. The second kappa shape index (κ2) is 6.84. The molecule has 0 atom stereocenters. The first-order valence-electron chi connectivity index (χ1n) is 8.92. The number of nitrogens with one attached hydrogen (secondary N) is 1. The number of amides is 1. The third kappa shape index (κ3) is 3.22. The lowest BCUT2D eigenvalue weighted by molar-refractivity contribution is -0.115. The highest BCUT2D eigenvalue weighted by molar-refractivity contribution is 5.95. The molecule has 0 unspecified atom stereocenters. The van der Waals surface area contributed by atoms with Gasteiger partial charge in [0.05, 0.1) is 17.5 Å². The minimum absolute atomic E-state index is 0.0363. The van der Waals surface area contributed by atoms with Crippen LogP contribution in [0.1, 0.15) is 17.0 Å². The monoisotopic (exact) mass is 373 g/mol. The Morgan fingerprint density at radius 1 is 1.04 bits per heavy atom. The molecule has 1 N–H and O–H groups in total. The van der Waals surface area contributed by atoms with Crippen LogP contribution in [-0.4, -0.2) is 25.7 Å². The fourth-order valence-electron chi connectivity index (χ4n) is 3.35. The van der Waals surface area contributed by atoms with E-state index in [1.54, 1.807) is 31.3 Å². The standard InChI is InChI=1S/C21H19N5O2/c1-12-10-13(2)22-20-14(12)8-9-18(24-20)23-19(27)11-17-15-6-4-5-7-16(15)21(28)26(3)25-17/h4-10H,11H2,1-3H3,(H,22,23,24,27). The van der Waals surface area contributed by atoms with Crippen LogP contribution in [0.5, 0.6) is 0 Å². The molecule has 140 valence electrons. The maximum absolute atomic E-state index is 12.6. The molecule has 0 spiro atoms. The zero-order valence-electron chi connectivity index (χ0n) is 15.9. The van der Waals surface area contributed by atoms with Gasteiger partial charge in [-0.05, 0) is 43.7 Å². The summed E-state index contributed by atoms with van der Waals surface area (Å²) in [6.07, 6.45) is 0.0363. The maximum atomic E-state index is 12.6. The van der Waals surface area contributed by atoms with Gasteiger partial charge in [-0.15, -0.1) is 0 Å². The lowest BCUT2D eigenvalue weighted by Gasteiger charge is -2.09. The molecule has 1 aromatic carbocycles. The van der Waals surface area contributed by atoms with Crippen LogP contribution in [0.15, 0.2) is 47.3 Å². The fraction of sp³-hybridized carbons (Fsp3) is 0.190. The third-order valence-corrected chi connectivity index (χ3v) is 4.64. The van der Waals surface area contributed by atoms with Crippen molar-refractivity contribution in [2.45, 2.75) is 20.3 Å². The summed E-state index contributed by atoms with van der Waals surface area (Å²) in [4.78, 5) is 33.7. The topological polar surface area (TPSA) is 89.8 Å². The molecule has 1 amide bonds. The molecular weight excluding hydrogens is 354 g/mol. The van der Waals surface area contributed by atoms with Crippen molar-refractivity contribution in [3.63, 3.8) is 0 Å². The summed E-state index contributed by atoms with van der Waals surface area (Å²) < 4.78 is 1.26. The summed E-state index contributed by atoms with van der Waals surface area (Å²) in [6, 6.07) is 12.8. The Morgan fingerprint density at radius 3 is 2.57 bits per heavy atom. The first-order valence-corrected chi connectivity index (χ1v) is 8.92. The SMILES string of the molecule is Cc1cc(C)c2ccc(NC(=O)Cc3nn(C)c(=O)c4ccccc34)nc2n1. The number of hydrogen-bond acceptors (Lipinski definition) is 5. The number of pyridine rings is 2. The van der Waals surface area contributed by atoms with Gasteiger partial charge in [0.15, 0.2) is 5.65 Å². The van der Waals surface area contributed by atoms with E-state index in [0.717, 1.165) is 16.6 Å². The number of nitrogens with zero attached hydrogens (tertiary/aromatic N) is 4. The van der Waals surface area contributed by atoms with Crippen LogP contribution in [0, 0.1) is 13.8 Å². The summed E-state index contributed by atoms with van der Waals surface area (Å²) in [5, 5.41) is 9.25. The van der Waals surface area contributed by atoms with Crippen molar-refractivity contribution in [1.29, 1.82) is 0 Å². The van der Waals surface area contributed by atoms with Gasteiger partial charge >= 0.3 is 0 Å². The Morgan fingerprint density at radius 2 is 1.79 bits per heavy atom. The molecule has 3 heterocycles. The summed E-state index contributed by atoms with van der Waals surface area (Å²) in [5.41, 5.74) is 2.92. The van der Waals surface area contributed by atoms with E-state index in [9.17, 15) is 9.59 Å². The molecule has 0 saturated carbocycles. The molecule has 0 fully saturated rings. The molecule has 7 heteroatoms. The van der Waals surface area contributed by atoms with E-state index in [2.05, 4.69) is 20.4 Å². The van der Waals surface area contributed by atoms with Crippen LogP contribution in [0.2, 0.25) is 0 Å². The molecule has 0 radical (unpaired) electrons. The van der Waals surface area contributed by atoms with Crippen LogP contribution in [-0.2, 0) is 18.3 Å². The van der Waals surface area contributed by atoms with Crippen molar-refractivity contribution in [3.8, 4) is 0 Å². The van der Waals surface area contributed by atoms with E-state index in [1.165, 1.54) is 4.68 Å². The van der Waals surface area contributed by atoms with Crippen LogP contribution < -0.4 is 10.9 Å². The zero-order valence-corrected chi connectivity index (χ0v) is 15.9. The number of carbonyl (C=O) groups is 1. The molecule has 0 saturated heterocycles. The van der Waals surface area contributed by atoms with Crippen LogP contribution >= 0.6 is 0 Å². The van der Waals surface area contributed by atoms with Gasteiger partial charge in [0, 0.05) is 23.5 Å². The highest BCUT2D eigenvalue weighted by Crippen LogP contribution is 2.19. The summed E-state index contributed by atoms with van der Waals surface area (Å²) in [6.45, 7) is 3.92. The third-order valence-electron chi connectivity index (χ3n) is 4.64. The van der Waals surface area contributed by atoms with Crippen molar-refractivity contribution in [1.82, 2.24) is 19.7 Å². The number of carbonyl (C=O) groups excluding carboxylic acids is 1. The quantitative estimate of drug-likeness (QED) is 0.596. The molecular formula is C21H19N5O2. The predicted octanol–water partition coefficient (Wildman–Crippen LogP) is 2.67. The lowest BCUT2D eigenvalue weighted by atomic mass is 10.1. The number of anilines is 1. The fourth-order valence-corrected chi connectivity index (χ4v) is 3.35. The number of hydrogen-bond donors (Lipinski definition) is 1. The van der Waals surface area contributed by atoms with Gasteiger partial charge in [0.1, 0.15) is 5.82 Å². The first-order chi connectivity index (χ1) is 13.4. The molecule has 4 aromatic rings. The highest BCUT2D eigenvalue weighted by Gasteiger charge is 2.13. The molecule has 0 aliphatic rings. The van der Waals surface area contributed by atoms with Gasteiger partial charge in [-0.1, -0.05) is 18.2 Å². The van der Waals surface area contributed by atoms with Crippen LogP contribution in [0.25, 0.3) is 21.8 Å². The second-order valence-corrected chi connectivity index (χ2v) is 6.79. The maximum Gasteiger partial charge on any atom is 0.274 e. The van der Waals surface area contributed by atoms with Gasteiger partial charge in [0.2, 0.25) is 5.91 Å². The Kier molecular flexibility index (Phi) is 4.35. The van der Waals surface area contributed by atoms with E-state index >= 15 is 0 Å². The van der Waals surface area contributed by atoms with Crippen LogP contribution in [0.3, 0.4) is 0 Å². The van der Waals surface area contributed by atoms with E-state index in [4.69, 9.17) is 0 Å². The lowest BCUT2D eigenvalue weighted by Crippen LogP contribution is -2.24. The Labute approximate surface area is 161 Å².